The van der Waals surface area contributed by atoms with E-state index in [4.69, 9.17) is 16.3 Å². The number of carbonyl (C=O) groups is 1. The largest absolute Gasteiger partial charge is 0.457 e. The molecule has 1 aromatic heterocycles. The van der Waals surface area contributed by atoms with Gasteiger partial charge in [0.1, 0.15) is 18.5 Å². The van der Waals surface area contributed by atoms with Crippen LogP contribution in [0.3, 0.4) is 0 Å². The van der Waals surface area contributed by atoms with Crippen molar-refractivity contribution in [1.29, 1.82) is 0 Å². The van der Waals surface area contributed by atoms with Crippen LogP contribution in [0.1, 0.15) is 29.1 Å². The van der Waals surface area contributed by atoms with Crippen molar-refractivity contribution in [3.05, 3.63) is 98.4 Å². The van der Waals surface area contributed by atoms with Crippen LogP contribution in [-0.2, 0) is 16.1 Å². The molecule has 152 valence electrons. The number of allylic oxidation sites excluding steroid dienone is 1. The van der Waals surface area contributed by atoms with Crippen LogP contribution in [0.2, 0.25) is 5.02 Å². The predicted octanol–water partition coefficient (Wildman–Crippen LogP) is 5.04. The summed E-state index contributed by atoms with van der Waals surface area (Å²) in [6.07, 6.45) is 1.67. The Hall–Kier alpha value is -3.03. The molecule has 0 spiro atoms. The maximum Gasteiger partial charge on any atom is 0.338 e. The maximum absolute atomic E-state index is 13.6. The van der Waals surface area contributed by atoms with Gasteiger partial charge in [0.2, 0.25) is 0 Å². The van der Waals surface area contributed by atoms with E-state index in [1.165, 1.54) is 29.5 Å². The van der Waals surface area contributed by atoms with Crippen LogP contribution < -0.4 is 5.32 Å². The first-order valence-corrected chi connectivity index (χ1v) is 10.4. The van der Waals surface area contributed by atoms with Crippen molar-refractivity contribution in [3.8, 4) is 0 Å². The van der Waals surface area contributed by atoms with Crippen LogP contribution >= 0.6 is 22.9 Å². The molecule has 1 atom stereocenters. The summed E-state index contributed by atoms with van der Waals surface area (Å²) in [4.78, 5) is 22.0. The first-order valence-electron chi connectivity index (χ1n) is 9.14. The Kier molecular flexibility index (Phi) is 5.92. The van der Waals surface area contributed by atoms with Gasteiger partial charge in [0, 0.05) is 27.9 Å². The van der Waals surface area contributed by atoms with Crippen molar-refractivity contribution in [3.63, 3.8) is 0 Å². The number of ether oxygens (including phenoxy) is 1. The zero-order chi connectivity index (χ0) is 21.1. The van der Waals surface area contributed by atoms with Gasteiger partial charge >= 0.3 is 5.97 Å². The Bertz CT molecular complexity index is 1130. The molecule has 1 unspecified atom stereocenters. The van der Waals surface area contributed by atoms with Crippen molar-refractivity contribution in [1.82, 2.24) is 10.3 Å². The fraction of sp³-hybridized carbons (Fsp3) is 0.136. The molecule has 0 saturated carbocycles. The molecule has 2 aromatic carbocycles. The SMILES string of the molecule is CC1=C(C(=O)OCc2ccccc2)C(c2ccc(F)cc2Cl)N=C(c2nccs2)N1. The lowest BCUT2D eigenvalue weighted by Gasteiger charge is -2.26. The fourth-order valence-electron chi connectivity index (χ4n) is 3.14. The minimum atomic E-state index is -0.749. The molecule has 1 N–H and O–H groups in total. The second-order valence-electron chi connectivity index (χ2n) is 6.61. The highest BCUT2D eigenvalue weighted by Crippen LogP contribution is 2.36. The van der Waals surface area contributed by atoms with Gasteiger partial charge in [-0.15, -0.1) is 11.3 Å². The van der Waals surface area contributed by atoms with E-state index in [1.54, 1.807) is 13.1 Å². The van der Waals surface area contributed by atoms with Gasteiger partial charge in [-0.25, -0.2) is 14.2 Å². The number of halogens is 2. The third-order valence-electron chi connectivity index (χ3n) is 4.57. The Labute approximate surface area is 181 Å². The molecule has 0 amide bonds. The number of aliphatic imine (C=N–C) groups is 1. The van der Waals surface area contributed by atoms with E-state index >= 15 is 0 Å². The molecule has 1 aliphatic rings. The summed E-state index contributed by atoms with van der Waals surface area (Å²) in [6.45, 7) is 1.90. The molecule has 0 bridgehead atoms. The first kappa shape index (κ1) is 20.3. The van der Waals surface area contributed by atoms with Gasteiger partial charge in [-0.1, -0.05) is 48.0 Å². The van der Waals surface area contributed by atoms with Crippen LogP contribution in [-0.4, -0.2) is 16.8 Å². The van der Waals surface area contributed by atoms with Gasteiger partial charge in [-0.3, -0.25) is 4.99 Å². The molecule has 0 fully saturated rings. The average molecular weight is 442 g/mol. The third-order valence-corrected chi connectivity index (χ3v) is 5.67. The maximum atomic E-state index is 13.6. The number of aromatic nitrogens is 1. The number of nitrogens with one attached hydrogen (secondary N) is 1. The number of hydrogen-bond acceptors (Lipinski definition) is 6. The molecule has 0 saturated heterocycles. The van der Waals surface area contributed by atoms with E-state index in [1.807, 2.05) is 35.7 Å². The van der Waals surface area contributed by atoms with Gasteiger partial charge in [0.15, 0.2) is 10.8 Å². The lowest BCUT2D eigenvalue weighted by atomic mass is 9.96. The van der Waals surface area contributed by atoms with Crippen molar-refractivity contribution >= 4 is 34.7 Å². The zero-order valence-corrected chi connectivity index (χ0v) is 17.5. The summed E-state index contributed by atoms with van der Waals surface area (Å²) >= 11 is 7.73. The fourth-order valence-corrected chi connectivity index (χ4v) is 4.00. The number of rotatable bonds is 5. The highest BCUT2D eigenvalue weighted by Gasteiger charge is 2.32. The molecule has 0 aliphatic carbocycles. The molecule has 1 aliphatic heterocycles. The summed E-state index contributed by atoms with van der Waals surface area (Å²) in [5.41, 5.74) is 2.29. The van der Waals surface area contributed by atoms with Crippen LogP contribution in [0.5, 0.6) is 0 Å². The first-order chi connectivity index (χ1) is 14.5. The minimum absolute atomic E-state index is 0.128. The summed E-state index contributed by atoms with van der Waals surface area (Å²) < 4.78 is 19.2. The van der Waals surface area contributed by atoms with Crippen molar-refractivity contribution in [2.75, 3.05) is 0 Å². The second kappa shape index (κ2) is 8.77. The Morgan fingerprint density at radius 1 is 1.27 bits per heavy atom. The molecular weight excluding hydrogens is 425 g/mol. The summed E-state index contributed by atoms with van der Waals surface area (Å²) in [5, 5.41) is 5.83. The highest BCUT2D eigenvalue weighted by atomic mass is 35.5. The number of thiazole rings is 1. The topological polar surface area (TPSA) is 63.6 Å². The monoisotopic (exact) mass is 441 g/mol. The van der Waals surface area contributed by atoms with Gasteiger partial charge in [0.25, 0.3) is 0 Å². The quantitative estimate of drug-likeness (QED) is 0.563. The van der Waals surface area contributed by atoms with Crippen molar-refractivity contribution < 1.29 is 13.9 Å². The van der Waals surface area contributed by atoms with Gasteiger partial charge in [-0.05, 0) is 24.6 Å². The molecule has 30 heavy (non-hydrogen) atoms. The number of nitrogens with zero attached hydrogens (tertiary/aromatic N) is 2. The predicted molar refractivity (Wildman–Crippen MR) is 115 cm³/mol. The molecule has 3 aromatic rings. The summed E-state index contributed by atoms with van der Waals surface area (Å²) in [6, 6.07) is 12.7. The van der Waals surface area contributed by atoms with E-state index in [2.05, 4.69) is 15.3 Å². The number of esters is 1. The Morgan fingerprint density at radius 3 is 2.77 bits per heavy atom. The van der Waals surface area contributed by atoms with Gasteiger partial charge < -0.3 is 10.1 Å². The summed E-state index contributed by atoms with van der Waals surface area (Å²) in [5.74, 6) is -0.459. The standard InChI is InChI=1S/C22H17ClFN3O2S/c1-13-18(22(28)29-12-14-5-3-2-4-6-14)19(16-8-7-15(24)11-17(16)23)27-20(26-13)21-25-9-10-30-21/h2-11,19H,12H2,1H3,(H,26,27). The average Bonchev–Trinajstić information content (AvgIpc) is 3.27. The third kappa shape index (κ3) is 4.27. The van der Waals surface area contributed by atoms with E-state index in [9.17, 15) is 9.18 Å². The van der Waals surface area contributed by atoms with Crippen LogP contribution in [0, 0.1) is 5.82 Å². The lowest BCUT2D eigenvalue weighted by molar-refractivity contribution is -0.140. The van der Waals surface area contributed by atoms with Gasteiger partial charge in [-0.2, -0.15) is 0 Å². The van der Waals surface area contributed by atoms with Crippen LogP contribution in [0.4, 0.5) is 4.39 Å². The Balaban J connectivity index is 1.69. The highest BCUT2D eigenvalue weighted by molar-refractivity contribution is 7.11. The zero-order valence-electron chi connectivity index (χ0n) is 15.9. The second-order valence-corrected chi connectivity index (χ2v) is 7.91. The van der Waals surface area contributed by atoms with E-state index < -0.39 is 17.8 Å². The molecule has 5 nitrogen and oxygen atoms in total. The molecule has 8 heteroatoms. The number of hydrogen-bond donors (Lipinski definition) is 1. The smallest absolute Gasteiger partial charge is 0.338 e. The van der Waals surface area contributed by atoms with Crippen LogP contribution in [0.25, 0.3) is 0 Å². The van der Waals surface area contributed by atoms with E-state index in [-0.39, 0.29) is 11.6 Å². The number of carbonyl (C=O) groups excluding carboxylic acids is 1. The van der Waals surface area contributed by atoms with Crippen LogP contribution in [0.15, 0.2) is 76.4 Å². The van der Waals surface area contributed by atoms with Crippen molar-refractivity contribution in [2.45, 2.75) is 19.6 Å². The van der Waals surface area contributed by atoms with E-state index in [0.717, 1.165) is 5.56 Å². The summed E-state index contributed by atoms with van der Waals surface area (Å²) in [7, 11) is 0. The van der Waals surface area contributed by atoms with Crippen molar-refractivity contribution in [2.24, 2.45) is 4.99 Å². The Morgan fingerprint density at radius 2 is 2.07 bits per heavy atom. The lowest BCUT2D eigenvalue weighted by Crippen LogP contribution is -2.32. The minimum Gasteiger partial charge on any atom is -0.457 e. The number of amidine groups is 1. The molecule has 0 radical (unpaired) electrons. The molecule has 4 rings (SSSR count). The van der Waals surface area contributed by atoms with Gasteiger partial charge in [0.05, 0.1) is 5.57 Å². The molecular formula is C22H17ClFN3O2S. The van der Waals surface area contributed by atoms with E-state index in [0.29, 0.717) is 27.7 Å². The molecule has 2 heterocycles. The number of benzene rings is 2. The normalized spacial score (nSPS) is 16.1.